The van der Waals surface area contributed by atoms with Crippen LogP contribution in [0.25, 0.3) is 0 Å². The molecule has 0 spiro atoms. The summed E-state index contributed by atoms with van der Waals surface area (Å²) >= 11 is 5.02. The van der Waals surface area contributed by atoms with Crippen molar-refractivity contribution in [3.05, 3.63) is 75.2 Å². The van der Waals surface area contributed by atoms with E-state index >= 15 is 0 Å². The van der Waals surface area contributed by atoms with Crippen LogP contribution >= 0.6 is 27.3 Å². The van der Waals surface area contributed by atoms with Crippen LogP contribution in [0, 0.1) is 6.92 Å². The van der Waals surface area contributed by atoms with E-state index in [4.69, 9.17) is 4.98 Å². The molecule has 7 heteroatoms. The van der Waals surface area contributed by atoms with Crippen LogP contribution in [-0.2, 0) is 16.3 Å². The van der Waals surface area contributed by atoms with Gasteiger partial charge in [0.25, 0.3) is 0 Å². The van der Waals surface area contributed by atoms with Crippen LogP contribution in [0.1, 0.15) is 29.7 Å². The van der Waals surface area contributed by atoms with E-state index in [1.807, 2.05) is 6.07 Å². The number of benzene rings is 2. The van der Waals surface area contributed by atoms with E-state index in [2.05, 4.69) is 57.4 Å². The maximum Gasteiger partial charge on any atom is 0.185 e. The molecule has 3 aromatic rings. The minimum atomic E-state index is -3.30. The van der Waals surface area contributed by atoms with Gasteiger partial charge in [0.05, 0.1) is 15.8 Å². The number of anilines is 1. The number of hydrogen-bond acceptors (Lipinski definition) is 5. The second-order valence-electron chi connectivity index (χ2n) is 7.41. The van der Waals surface area contributed by atoms with Gasteiger partial charge in [-0.1, -0.05) is 46.3 Å². The van der Waals surface area contributed by atoms with Gasteiger partial charge >= 0.3 is 0 Å². The highest BCUT2D eigenvalue weighted by Crippen LogP contribution is 2.30. The predicted molar refractivity (Wildman–Crippen MR) is 123 cm³/mol. The Morgan fingerprint density at radius 2 is 1.90 bits per heavy atom. The summed E-state index contributed by atoms with van der Waals surface area (Å²) in [5.41, 5.74) is 3.65. The first-order valence-electron chi connectivity index (χ1n) is 9.67. The Bertz CT molecular complexity index is 1100. The second kappa shape index (κ2) is 8.58. The van der Waals surface area contributed by atoms with E-state index in [0.29, 0.717) is 17.7 Å². The van der Waals surface area contributed by atoms with Crippen LogP contribution < -0.4 is 4.90 Å². The average Bonchev–Trinajstić information content (AvgIpc) is 3.18. The number of hydrogen-bond donors (Lipinski definition) is 0. The monoisotopic (exact) mass is 490 g/mol. The predicted octanol–water partition coefficient (Wildman–Crippen LogP) is 5.25. The smallest absolute Gasteiger partial charge is 0.185 e. The van der Waals surface area contributed by atoms with E-state index < -0.39 is 9.84 Å². The van der Waals surface area contributed by atoms with Crippen molar-refractivity contribution in [3.8, 4) is 0 Å². The molecule has 0 saturated carbocycles. The highest BCUT2D eigenvalue weighted by Gasteiger charge is 2.32. The quantitative estimate of drug-likeness (QED) is 0.490. The van der Waals surface area contributed by atoms with Gasteiger partial charge in [-0.2, -0.15) is 0 Å². The SMILES string of the molecule is Cc1ccccc1Cc1csc(N2CCC(S(=O)(=O)c3cccc(Br)c3)CC2)n1. The van der Waals surface area contributed by atoms with Gasteiger partial charge in [0.2, 0.25) is 0 Å². The maximum absolute atomic E-state index is 13.0. The van der Waals surface area contributed by atoms with Gasteiger partial charge in [0, 0.05) is 29.4 Å². The zero-order chi connectivity index (χ0) is 20.4. The average molecular weight is 491 g/mol. The number of sulfone groups is 1. The summed E-state index contributed by atoms with van der Waals surface area (Å²) in [4.78, 5) is 7.44. The summed E-state index contributed by atoms with van der Waals surface area (Å²) in [6, 6.07) is 15.4. The normalized spacial score (nSPS) is 15.6. The fourth-order valence-electron chi connectivity index (χ4n) is 3.72. The molecule has 1 aliphatic rings. The third-order valence-electron chi connectivity index (χ3n) is 5.45. The van der Waals surface area contributed by atoms with E-state index in [1.165, 1.54) is 11.1 Å². The molecule has 0 bridgehead atoms. The zero-order valence-corrected chi connectivity index (χ0v) is 19.4. The van der Waals surface area contributed by atoms with E-state index in [0.717, 1.165) is 34.8 Å². The third-order valence-corrected chi connectivity index (χ3v) is 9.15. The minimum absolute atomic E-state index is 0.334. The maximum atomic E-state index is 13.0. The zero-order valence-electron chi connectivity index (χ0n) is 16.2. The molecule has 0 N–H and O–H groups in total. The number of aryl methyl sites for hydroxylation is 1. The van der Waals surface area contributed by atoms with Crippen LogP contribution in [0.4, 0.5) is 5.13 Å². The van der Waals surface area contributed by atoms with Crippen molar-refractivity contribution in [1.82, 2.24) is 4.98 Å². The van der Waals surface area contributed by atoms with Gasteiger partial charge in [-0.05, 0) is 49.1 Å². The number of nitrogens with zero attached hydrogens (tertiary/aromatic N) is 2. The topological polar surface area (TPSA) is 50.3 Å². The van der Waals surface area contributed by atoms with Crippen molar-refractivity contribution in [1.29, 1.82) is 0 Å². The first-order valence-corrected chi connectivity index (χ1v) is 12.9. The molecular formula is C22H23BrN2O2S2. The molecule has 0 amide bonds. The van der Waals surface area contributed by atoms with Gasteiger partial charge in [0.15, 0.2) is 15.0 Å². The van der Waals surface area contributed by atoms with Gasteiger partial charge in [-0.15, -0.1) is 11.3 Å². The molecule has 4 rings (SSSR count). The molecular weight excluding hydrogens is 468 g/mol. The van der Waals surface area contributed by atoms with Crippen molar-refractivity contribution >= 4 is 42.2 Å². The lowest BCUT2D eigenvalue weighted by atomic mass is 10.1. The molecule has 0 radical (unpaired) electrons. The number of rotatable bonds is 5. The summed E-state index contributed by atoms with van der Waals surface area (Å²) in [6.45, 7) is 3.56. The number of halogens is 1. The third kappa shape index (κ3) is 4.57. The Morgan fingerprint density at radius 3 is 2.62 bits per heavy atom. The summed E-state index contributed by atoms with van der Waals surface area (Å²) in [5, 5.41) is 2.78. The summed E-state index contributed by atoms with van der Waals surface area (Å²) < 4.78 is 26.7. The van der Waals surface area contributed by atoms with Crippen molar-refractivity contribution in [2.24, 2.45) is 0 Å². The lowest BCUT2D eigenvalue weighted by molar-refractivity contribution is 0.529. The molecule has 1 fully saturated rings. The van der Waals surface area contributed by atoms with E-state index in [9.17, 15) is 8.42 Å². The molecule has 2 aromatic carbocycles. The van der Waals surface area contributed by atoms with E-state index in [1.54, 1.807) is 29.5 Å². The Kier molecular flexibility index (Phi) is 6.08. The molecule has 0 aliphatic carbocycles. The summed E-state index contributed by atoms with van der Waals surface area (Å²) in [6.07, 6.45) is 2.08. The van der Waals surface area contributed by atoms with Gasteiger partial charge in [0.1, 0.15) is 0 Å². The molecule has 152 valence electrons. The van der Waals surface area contributed by atoms with E-state index in [-0.39, 0.29) is 5.25 Å². The van der Waals surface area contributed by atoms with Gasteiger partial charge in [-0.25, -0.2) is 13.4 Å². The number of piperidine rings is 1. The van der Waals surface area contributed by atoms with Crippen LogP contribution in [0.5, 0.6) is 0 Å². The van der Waals surface area contributed by atoms with Gasteiger partial charge < -0.3 is 4.90 Å². The largest absolute Gasteiger partial charge is 0.348 e. The van der Waals surface area contributed by atoms with Crippen molar-refractivity contribution in [2.75, 3.05) is 18.0 Å². The first kappa shape index (κ1) is 20.6. The fraction of sp³-hybridized carbons (Fsp3) is 0.318. The van der Waals surface area contributed by atoms with Crippen molar-refractivity contribution < 1.29 is 8.42 Å². The van der Waals surface area contributed by atoms with Crippen LogP contribution in [-0.4, -0.2) is 31.7 Å². The van der Waals surface area contributed by atoms with Crippen molar-refractivity contribution in [2.45, 2.75) is 36.3 Å². The van der Waals surface area contributed by atoms with Crippen molar-refractivity contribution in [3.63, 3.8) is 0 Å². The molecule has 2 heterocycles. The molecule has 1 saturated heterocycles. The minimum Gasteiger partial charge on any atom is -0.348 e. The summed E-state index contributed by atoms with van der Waals surface area (Å²) in [7, 11) is -3.30. The Labute approximate surface area is 184 Å². The number of aromatic nitrogens is 1. The molecule has 1 aliphatic heterocycles. The standard InChI is InChI=1S/C22H23BrN2O2S2/c1-16-5-2-3-6-17(16)13-19-15-28-22(24-19)25-11-9-20(10-12-25)29(26,27)21-8-4-7-18(23)14-21/h2-8,14-15,20H,9-13H2,1H3. The molecule has 4 nitrogen and oxygen atoms in total. The highest BCUT2D eigenvalue weighted by atomic mass is 79.9. The second-order valence-corrected chi connectivity index (χ2v) is 11.4. The molecule has 1 aromatic heterocycles. The van der Waals surface area contributed by atoms with Gasteiger partial charge in [-0.3, -0.25) is 0 Å². The number of thiazole rings is 1. The Hall–Kier alpha value is -1.70. The highest BCUT2D eigenvalue weighted by molar-refractivity contribution is 9.10. The Morgan fingerprint density at radius 1 is 1.14 bits per heavy atom. The first-order chi connectivity index (χ1) is 13.9. The van der Waals surface area contributed by atoms with Crippen LogP contribution in [0.15, 0.2) is 63.3 Å². The lowest BCUT2D eigenvalue weighted by Crippen LogP contribution is -2.39. The Balaban J connectivity index is 1.41. The summed E-state index contributed by atoms with van der Waals surface area (Å²) in [5.74, 6) is 0. The van der Waals surface area contributed by atoms with Crippen LogP contribution in [0.2, 0.25) is 0 Å². The van der Waals surface area contributed by atoms with Crippen LogP contribution in [0.3, 0.4) is 0 Å². The molecule has 0 atom stereocenters. The molecule has 0 unspecified atom stereocenters. The lowest BCUT2D eigenvalue weighted by Gasteiger charge is -2.31. The molecule has 29 heavy (non-hydrogen) atoms. The fourth-order valence-corrected chi connectivity index (χ4v) is 6.93.